The van der Waals surface area contributed by atoms with Crippen LogP contribution < -0.4 is 24.6 Å². The number of para-hydroxylation sites is 4. The largest absolute Gasteiger partial charge is 0.495 e. The zero-order valence-corrected chi connectivity index (χ0v) is 16.7. The van der Waals surface area contributed by atoms with E-state index in [1.807, 2.05) is 48.5 Å². The van der Waals surface area contributed by atoms with E-state index in [0.717, 1.165) is 60.7 Å². The Morgan fingerprint density at radius 1 is 0.793 bits per heavy atom. The van der Waals surface area contributed by atoms with Gasteiger partial charge in [-0.2, -0.15) is 0 Å². The van der Waals surface area contributed by atoms with Crippen molar-refractivity contribution in [2.75, 3.05) is 55.5 Å². The number of benzene rings is 2. The number of piperazine rings is 1. The van der Waals surface area contributed by atoms with E-state index in [9.17, 15) is 0 Å². The molecule has 0 unspecified atom stereocenters. The van der Waals surface area contributed by atoms with Gasteiger partial charge in [-0.15, -0.1) is 0 Å². The van der Waals surface area contributed by atoms with E-state index >= 15 is 0 Å². The topological polar surface area (TPSA) is 62.8 Å². The lowest BCUT2D eigenvalue weighted by atomic mass is 10.2. The normalized spacial score (nSPS) is 13.9. The van der Waals surface area contributed by atoms with Crippen LogP contribution in [0.2, 0.25) is 0 Å². The molecular formula is C22H25N5O2. The summed E-state index contributed by atoms with van der Waals surface area (Å²) < 4.78 is 10.9. The first-order valence-corrected chi connectivity index (χ1v) is 9.63. The van der Waals surface area contributed by atoms with Crippen molar-refractivity contribution in [2.45, 2.75) is 0 Å². The lowest BCUT2D eigenvalue weighted by Gasteiger charge is -2.37. The Balaban J connectivity index is 1.45. The Bertz CT molecular complexity index is 957. The SMILES string of the molecule is COc1ccccc1Nc1cc(N2CCN(c3ccccc3OC)CC2)ncn1. The van der Waals surface area contributed by atoms with Gasteiger partial charge in [0.25, 0.3) is 0 Å². The Morgan fingerprint density at radius 3 is 2.21 bits per heavy atom. The number of aromatic nitrogens is 2. The maximum Gasteiger partial charge on any atom is 0.142 e. The summed E-state index contributed by atoms with van der Waals surface area (Å²) in [6, 6.07) is 17.9. The fourth-order valence-corrected chi connectivity index (χ4v) is 3.54. The molecule has 0 atom stereocenters. The van der Waals surface area contributed by atoms with Gasteiger partial charge in [0.05, 0.1) is 25.6 Å². The van der Waals surface area contributed by atoms with Gasteiger partial charge in [-0.25, -0.2) is 9.97 Å². The van der Waals surface area contributed by atoms with E-state index in [2.05, 4.69) is 31.2 Å². The van der Waals surface area contributed by atoms with Crippen LogP contribution in [0.3, 0.4) is 0 Å². The monoisotopic (exact) mass is 391 g/mol. The molecular weight excluding hydrogens is 366 g/mol. The Hall–Kier alpha value is -3.48. The third-order valence-corrected chi connectivity index (χ3v) is 5.05. The molecule has 0 amide bonds. The first-order valence-electron chi connectivity index (χ1n) is 9.63. The maximum absolute atomic E-state index is 5.51. The molecule has 2 heterocycles. The third kappa shape index (κ3) is 4.18. The van der Waals surface area contributed by atoms with Crippen LogP contribution in [0.4, 0.5) is 23.0 Å². The third-order valence-electron chi connectivity index (χ3n) is 5.05. The van der Waals surface area contributed by atoms with Crippen LogP contribution in [0.5, 0.6) is 11.5 Å². The van der Waals surface area contributed by atoms with Crippen molar-refractivity contribution in [2.24, 2.45) is 0 Å². The van der Waals surface area contributed by atoms with Crippen molar-refractivity contribution in [1.29, 1.82) is 0 Å². The minimum Gasteiger partial charge on any atom is -0.495 e. The van der Waals surface area contributed by atoms with Crippen LogP contribution in [-0.4, -0.2) is 50.4 Å². The highest BCUT2D eigenvalue weighted by atomic mass is 16.5. The molecule has 3 aromatic rings. The predicted octanol–water partition coefficient (Wildman–Crippen LogP) is 3.56. The number of ether oxygens (including phenoxy) is 2. The fourth-order valence-electron chi connectivity index (χ4n) is 3.54. The lowest BCUT2D eigenvalue weighted by Crippen LogP contribution is -2.47. The van der Waals surface area contributed by atoms with Crippen molar-refractivity contribution in [3.05, 3.63) is 60.9 Å². The molecule has 0 radical (unpaired) electrons. The van der Waals surface area contributed by atoms with Gasteiger partial charge < -0.3 is 24.6 Å². The summed E-state index contributed by atoms with van der Waals surface area (Å²) in [4.78, 5) is 13.5. The van der Waals surface area contributed by atoms with Gasteiger partial charge >= 0.3 is 0 Å². The summed E-state index contributed by atoms with van der Waals surface area (Å²) in [7, 11) is 3.37. The summed E-state index contributed by atoms with van der Waals surface area (Å²) in [5.41, 5.74) is 2.01. The van der Waals surface area contributed by atoms with Gasteiger partial charge in [-0.3, -0.25) is 0 Å². The molecule has 1 N–H and O–H groups in total. The number of nitrogens with zero attached hydrogens (tertiary/aromatic N) is 4. The smallest absolute Gasteiger partial charge is 0.142 e. The Labute approximate surface area is 170 Å². The van der Waals surface area contributed by atoms with Crippen LogP contribution in [0, 0.1) is 0 Å². The van der Waals surface area contributed by atoms with Crippen molar-refractivity contribution in [1.82, 2.24) is 9.97 Å². The van der Waals surface area contributed by atoms with Gasteiger partial charge in [0.15, 0.2) is 0 Å². The minimum absolute atomic E-state index is 0.742. The minimum atomic E-state index is 0.742. The first-order chi connectivity index (χ1) is 14.3. The van der Waals surface area contributed by atoms with Gasteiger partial charge in [0, 0.05) is 32.2 Å². The van der Waals surface area contributed by atoms with Crippen molar-refractivity contribution in [3.8, 4) is 11.5 Å². The Kier molecular flexibility index (Phi) is 5.65. The first kappa shape index (κ1) is 18.9. The van der Waals surface area contributed by atoms with Crippen molar-refractivity contribution < 1.29 is 9.47 Å². The number of methoxy groups -OCH3 is 2. The number of anilines is 4. The summed E-state index contributed by atoms with van der Waals surface area (Å²) in [6.07, 6.45) is 1.60. The summed E-state index contributed by atoms with van der Waals surface area (Å²) >= 11 is 0. The number of hydrogen-bond acceptors (Lipinski definition) is 7. The number of nitrogens with one attached hydrogen (secondary N) is 1. The van der Waals surface area contributed by atoms with Gasteiger partial charge in [-0.1, -0.05) is 24.3 Å². The van der Waals surface area contributed by atoms with E-state index in [4.69, 9.17) is 9.47 Å². The highest BCUT2D eigenvalue weighted by Crippen LogP contribution is 2.30. The molecule has 0 aliphatic carbocycles. The quantitative estimate of drug-likeness (QED) is 0.689. The van der Waals surface area contributed by atoms with E-state index < -0.39 is 0 Å². The fraction of sp³-hybridized carbons (Fsp3) is 0.273. The highest BCUT2D eigenvalue weighted by Gasteiger charge is 2.20. The van der Waals surface area contributed by atoms with Crippen molar-refractivity contribution >= 4 is 23.0 Å². The average Bonchev–Trinajstić information content (AvgIpc) is 2.80. The van der Waals surface area contributed by atoms with Crippen LogP contribution in [0.1, 0.15) is 0 Å². The summed E-state index contributed by atoms with van der Waals surface area (Å²) in [5, 5.41) is 3.32. The molecule has 1 aliphatic heterocycles. The van der Waals surface area contributed by atoms with E-state index in [1.54, 1.807) is 20.5 Å². The molecule has 0 saturated carbocycles. The van der Waals surface area contributed by atoms with Crippen LogP contribution in [-0.2, 0) is 0 Å². The van der Waals surface area contributed by atoms with Crippen LogP contribution in [0.25, 0.3) is 0 Å². The maximum atomic E-state index is 5.51. The second-order valence-electron chi connectivity index (χ2n) is 6.73. The van der Waals surface area contributed by atoms with Crippen molar-refractivity contribution in [3.63, 3.8) is 0 Å². The summed E-state index contributed by atoms with van der Waals surface area (Å²) in [6.45, 7) is 3.56. The number of hydrogen-bond donors (Lipinski definition) is 1. The van der Waals surface area contributed by atoms with E-state index in [-0.39, 0.29) is 0 Å². The van der Waals surface area contributed by atoms with E-state index in [0.29, 0.717) is 0 Å². The molecule has 7 heteroatoms. The second kappa shape index (κ2) is 8.68. The molecule has 4 rings (SSSR count). The zero-order valence-electron chi connectivity index (χ0n) is 16.7. The standard InChI is InChI=1S/C22H25N5O2/c1-28-19-9-5-3-7-17(19)25-21-15-22(24-16-23-21)27-13-11-26(12-14-27)18-8-4-6-10-20(18)29-2/h3-10,15-16H,11-14H2,1-2H3,(H,23,24,25). The molecule has 7 nitrogen and oxygen atoms in total. The van der Waals surface area contributed by atoms with Gasteiger partial charge in [0.1, 0.15) is 29.5 Å². The molecule has 2 aromatic carbocycles. The molecule has 150 valence electrons. The molecule has 29 heavy (non-hydrogen) atoms. The highest BCUT2D eigenvalue weighted by molar-refractivity contribution is 5.66. The second-order valence-corrected chi connectivity index (χ2v) is 6.73. The zero-order chi connectivity index (χ0) is 20.1. The van der Waals surface area contributed by atoms with Gasteiger partial charge in [0.2, 0.25) is 0 Å². The molecule has 1 aromatic heterocycles. The molecule has 0 bridgehead atoms. The number of rotatable bonds is 6. The average molecular weight is 391 g/mol. The van der Waals surface area contributed by atoms with Gasteiger partial charge in [-0.05, 0) is 24.3 Å². The predicted molar refractivity (Wildman–Crippen MR) is 116 cm³/mol. The Morgan fingerprint density at radius 2 is 1.45 bits per heavy atom. The van der Waals surface area contributed by atoms with Crippen LogP contribution in [0.15, 0.2) is 60.9 Å². The summed E-state index contributed by atoms with van der Waals surface area (Å²) in [5.74, 6) is 3.34. The lowest BCUT2D eigenvalue weighted by molar-refractivity contribution is 0.413. The van der Waals surface area contributed by atoms with E-state index in [1.165, 1.54) is 0 Å². The molecule has 1 fully saturated rings. The molecule has 1 aliphatic rings. The molecule has 0 spiro atoms. The van der Waals surface area contributed by atoms with Crippen LogP contribution >= 0.6 is 0 Å². The molecule has 1 saturated heterocycles.